The maximum absolute atomic E-state index is 13.1. The number of sulfonamides is 1. The molecule has 9 heteroatoms. The minimum absolute atomic E-state index is 0.184. The number of nitrogens with zero attached hydrogens (tertiary/aromatic N) is 2. The van der Waals surface area contributed by atoms with Gasteiger partial charge in [0.15, 0.2) is 6.61 Å². The van der Waals surface area contributed by atoms with Crippen molar-refractivity contribution in [2.24, 2.45) is 0 Å². The number of para-hydroxylation sites is 1. The summed E-state index contributed by atoms with van der Waals surface area (Å²) in [4.78, 5) is 12.4. The predicted molar refractivity (Wildman–Crippen MR) is 125 cm³/mol. The molecule has 0 atom stereocenters. The summed E-state index contributed by atoms with van der Waals surface area (Å²) in [5.41, 5.74) is 2.41. The minimum Gasteiger partial charge on any atom is -0.484 e. The van der Waals surface area contributed by atoms with Crippen LogP contribution in [0.1, 0.15) is 5.56 Å². The van der Waals surface area contributed by atoms with Crippen LogP contribution in [0.2, 0.25) is 0 Å². The molecule has 0 aliphatic carbocycles. The molecule has 2 heterocycles. The van der Waals surface area contributed by atoms with E-state index in [0.29, 0.717) is 24.4 Å². The fourth-order valence-electron chi connectivity index (χ4n) is 3.69. The molecule has 0 bridgehead atoms. The SMILES string of the molecule is O=C(COc1ccc(S(=O)(=O)N2CCc3ccccc32)cc1)Nc1ccc2sncc2c1. The van der Waals surface area contributed by atoms with Gasteiger partial charge in [-0.15, -0.1) is 0 Å². The summed E-state index contributed by atoms with van der Waals surface area (Å²) in [7, 11) is -3.66. The molecular weight excluding hydrogens is 446 g/mol. The molecule has 5 rings (SSSR count). The first-order chi connectivity index (χ1) is 15.5. The summed E-state index contributed by atoms with van der Waals surface area (Å²) >= 11 is 1.40. The minimum atomic E-state index is -3.66. The van der Waals surface area contributed by atoms with Gasteiger partial charge in [-0.2, -0.15) is 4.37 Å². The number of fused-ring (bicyclic) bond motifs is 2. The number of carbonyl (C=O) groups excluding carboxylic acids is 1. The molecule has 1 amide bonds. The molecule has 1 N–H and O–H groups in total. The molecule has 3 aromatic carbocycles. The number of amides is 1. The van der Waals surface area contributed by atoms with Gasteiger partial charge in [0.2, 0.25) is 0 Å². The molecule has 162 valence electrons. The summed E-state index contributed by atoms with van der Waals surface area (Å²) in [6.07, 6.45) is 2.45. The van der Waals surface area contributed by atoms with Crippen LogP contribution in [0.3, 0.4) is 0 Å². The average Bonchev–Trinajstić information content (AvgIpc) is 3.45. The van der Waals surface area contributed by atoms with Gasteiger partial charge in [0.1, 0.15) is 5.75 Å². The number of hydrogen-bond acceptors (Lipinski definition) is 6. The molecule has 0 radical (unpaired) electrons. The largest absolute Gasteiger partial charge is 0.484 e. The first kappa shape index (κ1) is 20.5. The Labute approximate surface area is 189 Å². The fourth-order valence-corrected chi connectivity index (χ4v) is 5.82. The van der Waals surface area contributed by atoms with E-state index in [1.165, 1.54) is 28.0 Å². The second kappa shape index (κ2) is 8.25. The van der Waals surface area contributed by atoms with E-state index in [1.807, 2.05) is 42.5 Å². The van der Waals surface area contributed by atoms with E-state index in [0.717, 1.165) is 21.3 Å². The molecule has 0 spiro atoms. The van der Waals surface area contributed by atoms with Crippen molar-refractivity contribution < 1.29 is 17.9 Å². The Morgan fingerprint density at radius 3 is 2.75 bits per heavy atom. The normalized spacial score (nSPS) is 13.2. The van der Waals surface area contributed by atoms with Crippen molar-refractivity contribution in [1.29, 1.82) is 0 Å². The van der Waals surface area contributed by atoms with Crippen molar-refractivity contribution in [1.82, 2.24) is 4.37 Å². The van der Waals surface area contributed by atoms with Crippen LogP contribution in [0, 0.1) is 0 Å². The Morgan fingerprint density at radius 2 is 1.91 bits per heavy atom. The molecular formula is C23H19N3O4S2. The standard InChI is InChI=1S/C23H19N3O4S2/c27-23(25-18-5-10-22-17(13-18)14-24-31-22)15-30-19-6-8-20(9-7-19)32(28,29)26-12-11-16-3-1-2-4-21(16)26/h1-10,13-14H,11-12,15H2,(H,25,27). The van der Waals surface area contributed by atoms with Gasteiger partial charge < -0.3 is 10.1 Å². The molecule has 0 fully saturated rings. The van der Waals surface area contributed by atoms with Gasteiger partial charge in [0.25, 0.3) is 15.9 Å². The van der Waals surface area contributed by atoms with Crippen molar-refractivity contribution in [3.63, 3.8) is 0 Å². The van der Waals surface area contributed by atoms with Crippen LogP contribution < -0.4 is 14.4 Å². The van der Waals surface area contributed by atoms with Gasteiger partial charge in [-0.1, -0.05) is 18.2 Å². The van der Waals surface area contributed by atoms with Crippen molar-refractivity contribution >= 4 is 48.9 Å². The third-order valence-corrected chi connectivity index (χ3v) is 7.87. The van der Waals surface area contributed by atoms with Crippen LogP contribution >= 0.6 is 11.5 Å². The zero-order valence-corrected chi connectivity index (χ0v) is 18.5. The van der Waals surface area contributed by atoms with E-state index >= 15 is 0 Å². The molecule has 0 saturated heterocycles. The van der Waals surface area contributed by atoms with Crippen molar-refractivity contribution in [2.75, 3.05) is 22.8 Å². The summed E-state index contributed by atoms with van der Waals surface area (Å²) in [6, 6.07) is 19.2. The van der Waals surface area contributed by atoms with Crippen LogP contribution in [-0.4, -0.2) is 31.9 Å². The Morgan fingerprint density at radius 1 is 1.09 bits per heavy atom. The van der Waals surface area contributed by atoms with Gasteiger partial charge in [0.05, 0.1) is 15.3 Å². The second-order valence-electron chi connectivity index (χ2n) is 7.34. The van der Waals surface area contributed by atoms with E-state index in [4.69, 9.17) is 4.74 Å². The van der Waals surface area contributed by atoms with Gasteiger partial charge in [0, 0.05) is 23.8 Å². The van der Waals surface area contributed by atoms with Gasteiger partial charge >= 0.3 is 0 Å². The van der Waals surface area contributed by atoms with E-state index in [9.17, 15) is 13.2 Å². The number of carbonyl (C=O) groups is 1. The van der Waals surface area contributed by atoms with E-state index in [2.05, 4.69) is 9.69 Å². The molecule has 0 unspecified atom stereocenters. The highest BCUT2D eigenvalue weighted by atomic mass is 32.2. The summed E-state index contributed by atoms with van der Waals surface area (Å²) in [6.45, 7) is 0.235. The highest BCUT2D eigenvalue weighted by Crippen LogP contribution is 2.33. The Kier molecular flexibility index (Phi) is 5.28. The van der Waals surface area contributed by atoms with E-state index in [-0.39, 0.29) is 17.4 Å². The van der Waals surface area contributed by atoms with E-state index in [1.54, 1.807) is 18.3 Å². The summed E-state index contributed by atoms with van der Waals surface area (Å²) in [5, 5.41) is 3.75. The second-order valence-corrected chi connectivity index (χ2v) is 10.0. The zero-order chi connectivity index (χ0) is 22.1. The number of aromatic nitrogens is 1. The van der Waals surface area contributed by atoms with Crippen LogP contribution in [0.4, 0.5) is 11.4 Å². The third kappa shape index (κ3) is 3.92. The highest BCUT2D eigenvalue weighted by Gasteiger charge is 2.30. The number of ether oxygens (including phenoxy) is 1. The monoisotopic (exact) mass is 465 g/mol. The lowest BCUT2D eigenvalue weighted by molar-refractivity contribution is -0.118. The Bertz CT molecular complexity index is 1400. The lowest BCUT2D eigenvalue weighted by atomic mass is 10.2. The summed E-state index contributed by atoms with van der Waals surface area (Å²) < 4.78 is 38.3. The maximum Gasteiger partial charge on any atom is 0.264 e. The maximum atomic E-state index is 13.1. The Balaban J connectivity index is 1.22. The average molecular weight is 466 g/mol. The number of benzene rings is 3. The van der Waals surface area contributed by atoms with Gasteiger partial charge in [-0.05, 0) is 72.0 Å². The Hall–Kier alpha value is -3.43. The van der Waals surface area contributed by atoms with E-state index < -0.39 is 10.0 Å². The van der Waals surface area contributed by atoms with Crippen LogP contribution in [0.5, 0.6) is 5.75 Å². The number of nitrogens with one attached hydrogen (secondary N) is 1. The summed E-state index contributed by atoms with van der Waals surface area (Å²) in [5.74, 6) is 0.108. The molecule has 0 saturated carbocycles. The molecule has 1 aliphatic rings. The predicted octanol–water partition coefficient (Wildman–Crippen LogP) is 4.07. The number of anilines is 2. The molecule has 1 aliphatic heterocycles. The first-order valence-corrected chi connectivity index (χ1v) is 12.2. The highest BCUT2D eigenvalue weighted by molar-refractivity contribution is 7.92. The fraction of sp³-hybridized carbons (Fsp3) is 0.130. The topological polar surface area (TPSA) is 88.6 Å². The quantitative estimate of drug-likeness (QED) is 0.464. The van der Waals surface area contributed by atoms with Crippen LogP contribution in [-0.2, 0) is 21.2 Å². The van der Waals surface area contributed by atoms with Crippen molar-refractivity contribution in [3.8, 4) is 5.75 Å². The lowest BCUT2D eigenvalue weighted by Crippen LogP contribution is -2.29. The van der Waals surface area contributed by atoms with Crippen molar-refractivity contribution in [3.05, 3.63) is 78.5 Å². The lowest BCUT2D eigenvalue weighted by Gasteiger charge is -2.19. The molecule has 32 heavy (non-hydrogen) atoms. The third-order valence-electron chi connectivity index (χ3n) is 5.26. The zero-order valence-electron chi connectivity index (χ0n) is 16.9. The van der Waals surface area contributed by atoms with Crippen LogP contribution in [0.15, 0.2) is 77.8 Å². The molecule has 7 nitrogen and oxygen atoms in total. The molecule has 4 aromatic rings. The van der Waals surface area contributed by atoms with Gasteiger partial charge in [-0.3, -0.25) is 9.10 Å². The van der Waals surface area contributed by atoms with Gasteiger partial charge in [-0.25, -0.2) is 8.42 Å². The van der Waals surface area contributed by atoms with Crippen LogP contribution in [0.25, 0.3) is 10.1 Å². The first-order valence-electron chi connectivity index (χ1n) is 9.98. The number of rotatable bonds is 6. The smallest absolute Gasteiger partial charge is 0.264 e. The van der Waals surface area contributed by atoms with Crippen molar-refractivity contribution in [2.45, 2.75) is 11.3 Å². The number of hydrogen-bond donors (Lipinski definition) is 1. The molecule has 1 aromatic heterocycles.